The van der Waals surface area contributed by atoms with Crippen molar-refractivity contribution in [3.63, 3.8) is 0 Å². The quantitative estimate of drug-likeness (QED) is 0.497. The second-order valence-electron chi connectivity index (χ2n) is 5.57. The van der Waals surface area contributed by atoms with Crippen LogP contribution in [0, 0.1) is 17.8 Å². The normalized spacial score (nSPS) is 24.8. The first kappa shape index (κ1) is 15.3. The van der Waals surface area contributed by atoms with E-state index in [1.807, 2.05) is 0 Å². The molecule has 104 valence electrons. The Morgan fingerprint density at radius 1 is 1.33 bits per heavy atom. The summed E-state index contributed by atoms with van der Waals surface area (Å²) in [6, 6.07) is 0. The first-order valence-electron chi connectivity index (χ1n) is 7.50. The van der Waals surface area contributed by atoms with Crippen molar-refractivity contribution in [2.75, 3.05) is 6.61 Å². The monoisotopic (exact) mass is 252 g/mol. The van der Waals surface area contributed by atoms with E-state index >= 15 is 0 Å². The molecule has 0 spiro atoms. The Bertz CT molecular complexity index is 270. The van der Waals surface area contributed by atoms with Crippen LogP contribution in [0.5, 0.6) is 0 Å². The summed E-state index contributed by atoms with van der Waals surface area (Å²) < 4.78 is 5.53. The maximum absolute atomic E-state index is 12.0. The second-order valence-corrected chi connectivity index (χ2v) is 5.57. The lowest BCUT2D eigenvalue weighted by atomic mass is 9.84. The van der Waals surface area contributed by atoms with E-state index in [1.54, 1.807) is 0 Å². The molecule has 0 saturated heterocycles. The van der Waals surface area contributed by atoms with Gasteiger partial charge in [0.1, 0.15) is 0 Å². The number of rotatable bonds is 7. The van der Waals surface area contributed by atoms with Crippen LogP contribution in [0.15, 0.2) is 12.2 Å². The van der Waals surface area contributed by atoms with Crippen LogP contribution < -0.4 is 0 Å². The molecular formula is C16H28O2. The smallest absolute Gasteiger partial charge is 0.309 e. The van der Waals surface area contributed by atoms with Crippen LogP contribution in [-0.2, 0) is 9.53 Å². The second kappa shape index (κ2) is 8.34. The summed E-state index contributed by atoms with van der Waals surface area (Å²) in [5.74, 6) is 1.07. The third-order valence-electron chi connectivity index (χ3n) is 4.06. The van der Waals surface area contributed by atoms with Crippen LogP contribution >= 0.6 is 0 Å². The predicted molar refractivity (Wildman–Crippen MR) is 75.3 cm³/mol. The van der Waals surface area contributed by atoms with Crippen molar-refractivity contribution in [2.45, 2.75) is 59.3 Å². The molecule has 0 amide bonds. The van der Waals surface area contributed by atoms with Gasteiger partial charge in [0.05, 0.1) is 12.5 Å². The summed E-state index contributed by atoms with van der Waals surface area (Å²) in [5.41, 5.74) is 0. The molecule has 0 N–H and O–H groups in total. The van der Waals surface area contributed by atoms with E-state index in [4.69, 9.17) is 4.74 Å². The lowest BCUT2D eigenvalue weighted by Crippen LogP contribution is -2.27. The molecule has 3 unspecified atom stereocenters. The summed E-state index contributed by atoms with van der Waals surface area (Å²) in [5, 5.41) is 0. The number of allylic oxidation sites excluding steroid dienone is 2. The van der Waals surface area contributed by atoms with Crippen LogP contribution in [0.4, 0.5) is 0 Å². The van der Waals surface area contributed by atoms with Crippen LogP contribution in [0.3, 0.4) is 0 Å². The highest BCUT2D eigenvalue weighted by Crippen LogP contribution is 2.26. The van der Waals surface area contributed by atoms with Crippen LogP contribution in [-0.4, -0.2) is 12.6 Å². The van der Waals surface area contributed by atoms with Gasteiger partial charge >= 0.3 is 5.97 Å². The summed E-state index contributed by atoms with van der Waals surface area (Å²) in [4.78, 5) is 12.0. The average molecular weight is 252 g/mol. The highest BCUT2D eigenvalue weighted by molar-refractivity contribution is 5.73. The number of hydrogen-bond donors (Lipinski definition) is 0. The number of hydrogen-bond acceptors (Lipinski definition) is 2. The molecule has 2 nitrogen and oxygen atoms in total. The summed E-state index contributed by atoms with van der Waals surface area (Å²) >= 11 is 0. The molecule has 0 aromatic carbocycles. The number of ether oxygens (including phenoxy) is 1. The zero-order valence-electron chi connectivity index (χ0n) is 12.2. The van der Waals surface area contributed by atoms with Crippen molar-refractivity contribution in [2.24, 2.45) is 17.8 Å². The molecule has 0 saturated carbocycles. The van der Waals surface area contributed by atoms with Crippen LogP contribution in [0.25, 0.3) is 0 Å². The molecule has 0 bridgehead atoms. The van der Waals surface area contributed by atoms with Crippen LogP contribution in [0.1, 0.15) is 59.3 Å². The third kappa shape index (κ3) is 4.83. The zero-order chi connectivity index (χ0) is 13.4. The SMILES string of the molecule is CCCCC(CC)COC(=O)C1CC=CCC1C. The van der Waals surface area contributed by atoms with Gasteiger partial charge in [-0.3, -0.25) is 4.79 Å². The van der Waals surface area contributed by atoms with Gasteiger partial charge in [-0.1, -0.05) is 52.2 Å². The van der Waals surface area contributed by atoms with Gasteiger partial charge in [0, 0.05) is 0 Å². The first-order valence-corrected chi connectivity index (χ1v) is 7.50. The predicted octanol–water partition coefficient (Wildman–Crippen LogP) is 4.35. The molecule has 0 radical (unpaired) electrons. The molecule has 0 aromatic heterocycles. The van der Waals surface area contributed by atoms with E-state index in [-0.39, 0.29) is 11.9 Å². The number of carbonyl (C=O) groups excluding carboxylic acids is 1. The van der Waals surface area contributed by atoms with E-state index in [0.717, 1.165) is 19.3 Å². The molecule has 1 rings (SSSR count). The lowest BCUT2D eigenvalue weighted by molar-refractivity contribution is -0.151. The van der Waals surface area contributed by atoms with Crippen molar-refractivity contribution in [3.8, 4) is 0 Å². The Morgan fingerprint density at radius 3 is 2.67 bits per heavy atom. The van der Waals surface area contributed by atoms with Gasteiger partial charge in [0.2, 0.25) is 0 Å². The molecule has 0 fully saturated rings. The van der Waals surface area contributed by atoms with Gasteiger partial charge in [-0.2, -0.15) is 0 Å². The Morgan fingerprint density at radius 2 is 2.06 bits per heavy atom. The molecule has 18 heavy (non-hydrogen) atoms. The van der Waals surface area contributed by atoms with E-state index in [0.29, 0.717) is 18.4 Å². The topological polar surface area (TPSA) is 26.3 Å². The van der Waals surface area contributed by atoms with E-state index in [2.05, 4.69) is 32.9 Å². The van der Waals surface area contributed by atoms with Crippen molar-refractivity contribution < 1.29 is 9.53 Å². The largest absolute Gasteiger partial charge is 0.465 e. The van der Waals surface area contributed by atoms with Crippen LogP contribution in [0.2, 0.25) is 0 Å². The number of unbranched alkanes of at least 4 members (excludes halogenated alkanes) is 1. The summed E-state index contributed by atoms with van der Waals surface area (Å²) in [6.07, 6.45) is 10.9. The van der Waals surface area contributed by atoms with Crippen molar-refractivity contribution >= 4 is 5.97 Å². The Kier molecular flexibility index (Phi) is 7.07. The molecule has 2 heteroatoms. The van der Waals surface area contributed by atoms with Crippen molar-refractivity contribution in [3.05, 3.63) is 12.2 Å². The minimum atomic E-state index is 0.0156. The minimum absolute atomic E-state index is 0.0156. The highest BCUT2D eigenvalue weighted by Gasteiger charge is 2.27. The first-order chi connectivity index (χ1) is 8.69. The van der Waals surface area contributed by atoms with Gasteiger partial charge in [-0.15, -0.1) is 0 Å². The summed E-state index contributed by atoms with van der Waals surface area (Å²) in [6.45, 7) is 7.14. The third-order valence-corrected chi connectivity index (χ3v) is 4.06. The maximum atomic E-state index is 12.0. The van der Waals surface area contributed by atoms with Gasteiger partial charge in [0.15, 0.2) is 0 Å². The summed E-state index contributed by atoms with van der Waals surface area (Å²) in [7, 11) is 0. The Labute approximate surface area is 112 Å². The van der Waals surface area contributed by atoms with Crippen molar-refractivity contribution in [1.29, 1.82) is 0 Å². The van der Waals surface area contributed by atoms with E-state index in [1.165, 1.54) is 19.3 Å². The Balaban J connectivity index is 2.32. The minimum Gasteiger partial charge on any atom is -0.465 e. The van der Waals surface area contributed by atoms with Gasteiger partial charge in [-0.25, -0.2) is 0 Å². The number of esters is 1. The Hall–Kier alpha value is -0.790. The van der Waals surface area contributed by atoms with Gasteiger partial charge < -0.3 is 4.74 Å². The average Bonchev–Trinajstić information content (AvgIpc) is 2.39. The molecular weight excluding hydrogens is 224 g/mol. The fourth-order valence-corrected chi connectivity index (χ4v) is 2.48. The standard InChI is InChI=1S/C16H28O2/c1-4-6-10-14(5-2)12-18-16(17)15-11-8-7-9-13(15)3/h7-8,13-15H,4-6,9-12H2,1-3H3. The van der Waals surface area contributed by atoms with Crippen molar-refractivity contribution in [1.82, 2.24) is 0 Å². The fourth-order valence-electron chi connectivity index (χ4n) is 2.48. The van der Waals surface area contributed by atoms with E-state index < -0.39 is 0 Å². The lowest BCUT2D eigenvalue weighted by Gasteiger charge is -2.24. The molecule has 1 aliphatic carbocycles. The fraction of sp³-hybridized carbons (Fsp3) is 0.812. The molecule has 0 aromatic rings. The van der Waals surface area contributed by atoms with Gasteiger partial charge in [0.25, 0.3) is 0 Å². The highest BCUT2D eigenvalue weighted by atomic mass is 16.5. The van der Waals surface area contributed by atoms with Gasteiger partial charge in [-0.05, 0) is 31.1 Å². The zero-order valence-corrected chi connectivity index (χ0v) is 12.2. The molecule has 0 heterocycles. The molecule has 1 aliphatic rings. The van der Waals surface area contributed by atoms with E-state index in [9.17, 15) is 4.79 Å². The molecule has 0 aliphatic heterocycles. The number of carbonyl (C=O) groups is 1. The maximum Gasteiger partial charge on any atom is 0.309 e. The molecule has 3 atom stereocenters.